The highest BCUT2D eigenvalue weighted by Gasteiger charge is 2.29. The Bertz CT molecular complexity index is 1180. The van der Waals surface area contributed by atoms with Gasteiger partial charge in [-0.2, -0.15) is 0 Å². The van der Waals surface area contributed by atoms with E-state index < -0.39 is 33.4 Å². The van der Waals surface area contributed by atoms with Gasteiger partial charge in [0.1, 0.15) is 10.8 Å². The maximum atomic E-state index is 13.6. The molecule has 0 radical (unpaired) electrons. The molecule has 0 spiro atoms. The average Bonchev–Trinajstić information content (AvgIpc) is 3.21. The summed E-state index contributed by atoms with van der Waals surface area (Å²) < 4.78 is 51.7. The predicted octanol–water partition coefficient (Wildman–Crippen LogP) is 4.67. The largest absolute Gasteiger partial charge is 0.323 e. The molecule has 3 aromatic rings. The molecule has 0 aliphatic heterocycles. The lowest BCUT2D eigenvalue weighted by atomic mass is 10.1. The number of carbonyl (C=O) groups excluding carboxylic acids is 1. The van der Waals surface area contributed by atoms with Crippen molar-refractivity contribution in [3.8, 4) is 10.4 Å². The number of aromatic nitrogens is 1. The fraction of sp³-hybridized carbons (Fsp3) is 0.200. The van der Waals surface area contributed by atoms with Crippen LogP contribution in [0.3, 0.4) is 0 Å². The minimum absolute atomic E-state index is 0.0693. The van der Waals surface area contributed by atoms with Crippen LogP contribution >= 0.6 is 11.3 Å². The van der Waals surface area contributed by atoms with Gasteiger partial charge >= 0.3 is 6.03 Å². The lowest BCUT2D eigenvalue weighted by molar-refractivity contribution is 0.262. The van der Waals surface area contributed by atoms with Crippen molar-refractivity contribution >= 4 is 38.8 Å². The summed E-state index contributed by atoms with van der Waals surface area (Å²) in [6, 6.07) is 10.6. The van der Waals surface area contributed by atoms with Gasteiger partial charge in [0.05, 0.1) is 16.1 Å². The van der Waals surface area contributed by atoms with Crippen LogP contribution in [0.15, 0.2) is 54.7 Å². The molecule has 0 unspecified atom stereocenters. The van der Waals surface area contributed by atoms with E-state index in [-0.39, 0.29) is 5.69 Å². The Morgan fingerprint density at radius 3 is 2.42 bits per heavy atom. The molecule has 2 aromatic carbocycles. The predicted molar refractivity (Wildman–Crippen MR) is 118 cm³/mol. The summed E-state index contributed by atoms with van der Waals surface area (Å²) in [6.45, 7) is 3.20. The number of halogens is 2. The van der Waals surface area contributed by atoms with Gasteiger partial charge in [-0.1, -0.05) is 24.3 Å². The number of benzene rings is 2. The van der Waals surface area contributed by atoms with Crippen LogP contribution in [0.4, 0.5) is 25.0 Å². The molecule has 0 aliphatic rings. The normalized spacial score (nSPS) is 11.9. The van der Waals surface area contributed by atoms with Crippen molar-refractivity contribution < 1.29 is 22.0 Å². The molecule has 0 saturated heterocycles. The molecule has 11 heteroatoms. The Labute approximate surface area is 182 Å². The molecule has 1 aromatic heterocycles. The maximum Gasteiger partial charge on any atom is 0.323 e. The molecule has 164 valence electrons. The van der Waals surface area contributed by atoms with Gasteiger partial charge in [0, 0.05) is 11.9 Å². The molecule has 3 N–H and O–H groups in total. The van der Waals surface area contributed by atoms with E-state index in [0.29, 0.717) is 10.7 Å². The lowest BCUT2D eigenvalue weighted by Gasteiger charge is -2.22. The number of urea groups is 1. The highest BCUT2D eigenvalue weighted by atomic mass is 32.2. The van der Waals surface area contributed by atoms with E-state index in [0.717, 1.165) is 10.4 Å². The zero-order chi connectivity index (χ0) is 22.6. The summed E-state index contributed by atoms with van der Waals surface area (Å²) in [6.07, 6.45) is 1.60. The fourth-order valence-corrected chi connectivity index (χ4v) is 4.69. The van der Waals surface area contributed by atoms with Crippen molar-refractivity contribution in [1.29, 1.82) is 0 Å². The summed E-state index contributed by atoms with van der Waals surface area (Å²) in [4.78, 5) is 17.1. The van der Waals surface area contributed by atoms with Gasteiger partial charge in [0.2, 0.25) is 16.0 Å². The zero-order valence-electron chi connectivity index (χ0n) is 16.6. The van der Waals surface area contributed by atoms with Crippen LogP contribution in [0.25, 0.3) is 10.4 Å². The van der Waals surface area contributed by atoms with E-state index in [9.17, 15) is 22.0 Å². The van der Waals surface area contributed by atoms with Gasteiger partial charge in [0.15, 0.2) is 0 Å². The van der Waals surface area contributed by atoms with E-state index in [1.165, 1.54) is 29.5 Å². The van der Waals surface area contributed by atoms with E-state index in [1.807, 2.05) is 0 Å². The van der Waals surface area contributed by atoms with E-state index in [1.54, 1.807) is 50.4 Å². The topological polar surface area (TPSA) is 100 Å². The number of hydrogen-bond donors (Lipinski definition) is 3. The second-order valence-electron chi connectivity index (χ2n) is 7.12. The second kappa shape index (κ2) is 9.08. The highest BCUT2D eigenvalue weighted by molar-refractivity contribution is 7.89. The third-order valence-electron chi connectivity index (χ3n) is 4.14. The molecule has 2 amide bonds. The number of carbonyl (C=O) groups is 1. The maximum absolute atomic E-state index is 13.6. The smallest absolute Gasteiger partial charge is 0.308 e. The van der Waals surface area contributed by atoms with Crippen LogP contribution in [0.5, 0.6) is 0 Å². The van der Waals surface area contributed by atoms with Crippen LogP contribution in [0, 0.1) is 5.82 Å². The lowest BCUT2D eigenvalue weighted by Crippen LogP contribution is -2.41. The Kier molecular flexibility index (Phi) is 6.68. The number of amides is 2. The number of rotatable bonds is 7. The van der Waals surface area contributed by atoms with E-state index in [2.05, 4.69) is 20.3 Å². The Hall–Kier alpha value is -2.89. The minimum Gasteiger partial charge on any atom is -0.308 e. The summed E-state index contributed by atoms with van der Waals surface area (Å²) in [5.41, 5.74) is 0.297. The average molecular weight is 467 g/mol. The number of anilines is 2. The number of thiazole rings is 1. The Morgan fingerprint density at radius 2 is 1.77 bits per heavy atom. The summed E-state index contributed by atoms with van der Waals surface area (Å²) in [7, 11) is -4.04. The van der Waals surface area contributed by atoms with Crippen LogP contribution in [-0.2, 0) is 15.6 Å². The number of nitrogens with one attached hydrogen (secondary N) is 3. The third-order valence-corrected chi connectivity index (χ3v) is 6.62. The molecule has 0 saturated carbocycles. The first kappa shape index (κ1) is 22.8. The quantitative estimate of drug-likeness (QED) is 0.471. The first-order valence-corrected chi connectivity index (χ1v) is 11.5. The van der Waals surface area contributed by atoms with Crippen molar-refractivity contribution in [3.05, 3.63) is 65.6 Å². The van der Waals surface area contributed by atoms with Crippen molar-refractivity contribution in [2.75, 3.05) is 16.6 Å². The molecule has 0 bridgehead atoms. The number of alkyl halides is 1. The number of hydrogen-bond acceptors (Lipinski definition) is 5. The van der Waals surface area contributed by atoms with Gasteiger partial charge in [-0.25, -0.2) is 31.7 Å². The van der Waals surface area contributed by atoms with Gasteiger partial charge < -0.3 is 10.6 Å². The number of para-hydroxylation sites is 1. The first-order chi connectivity index (χ1) is 14.6. The van der Waals surface area contributed by atoms with Crippen molar-refractivity contribution in [3.63, 3.8) is 0 Å². The Balaban J connectivity index is 1.68. The standard InChI is InChI=1S/C20H20F2N4O3S2/c1-20(2,26-31(28,29)12-21)18-23-11-17(30-18)13-7-9-14(10-8-13)24-19(27)25-16-6-4-3-5-15(16)22/h3-11,26H,12H2,1-2H3,(H2,24,25,27). The third kappa shape index (κ3) is 5.84. The summed E-state index contributed by atoms with van der Waals surface area (Å²) >= 11 is 1.27. The molecular formula is C20H20F2N4O3S2. The van der Waals surface area contributed by atoms with Gasteiger partial charge in [-0.05, 0) is 43.7 Å². The van der Waals surface area contributed by atoms with Gasteiger partial charge in [0.25, 0.3) is 0 Å². The van der Waals surface area contributed by atoms with Crippen molar-refractivity contribution in [2.45, 2.75) is 19.4 Å². The monoisotopic (exact) mass is 466 g/mol. The number of sulfonamides is 1. The SMILES string of the molecule is CC(C)(NS(=O)(=O)CF)c1ncc(-c2ccc(NC(=O)Nc3ccccc3F)cc2)s1. The van der Waals surface area contributed by atoms with E-state index >= 15 is 0 Å². The van der Waals surface area contributed by atoms with Crippen LogP contribution < -0.4 is 15.4 Å². The summed E-state index contributed by atoms with van der Waals surface area (Å²) in [5, 5.41) is 5.53. The second-order valence-corrected chi connectivity index (χ2v) is 9.80. The zero-order valence-corrected chi connectivity index (χ0v) is 18.3. The van der Waals surface area contributed by atoms with E-state index in [4.69, 9.17) is 0 Å². The Morgan fingerprint density at radius 1 is 1.10 bits per heavy atom. The van der Waals surface area contributed by atoms with Crippen LogP contribution in [-0.4, -0.2) is 25.4 Å². The molecule has 31 heavy (non-hydrogen) atoms. The molecule has 7 nitrogen and oxygen atoms in total. The highest BCUT2D eigenvalue weighted by Crippen LogP contribution is 2.32. The molecule has 1 heterocycles. The molecule has 0 atom stereocenters. The molecule has 0 aliphatic carbocycles. The van der Waals surface area contributed by atoms with Gasteiger partial charge in [-0.3, -0.25) is 0 Å². The molecular weight excluding hydrogens is 446 g/mol. The minimum atomic E-state index is -4.04. The van der Waals surface area contributed by atoms with Crippen LogP contribution in [0.1, 0.15) is 18.9 Å². The molecule has 0 fully saturated rings. The van der Waals surface area contributed by atoms with Crippen LogP contribution in [0.2, 0.25) is 0 Å². The molecule has 3 rings (SSSR count). The van der Waals surface area contributed by atoms with Gasteiger partial charge in [-0.15, -0.1) is 11.3 Å². The number of nitrogens with zero attached hydrogens (tertiary/aromatic N) is 1. The summed E-state index contributed by atoms with van der Waals surface area (Å²) in [5.74, 6) is -0.536. The van der Waals surface area contributed by atoms with Crippen molar-refractivity contribution in [1.82, 2.24) is 9.71 Å². The fourth-order valence-electron chi connectivity index (χ4n) is 2.72. The first-order valence-electron chi connectivity index (χ1n) is 9.06. The van der Waals surface area contributed by atoms with Crippen molar-refractivity contribution in [2.24, 2.45) is 0 Å².